The maximum absolute atomic E-state index is 5.70. The monoisotopic (exact) mass is 293 g/mol. The van der Waals surface area contributed by atoms with Crippen molar-refractivity contribution in [3.05, 3.63) is 34.6 Å². The summed E-state index contributed by atoms with van der Waals surface area (Å²) in [5.41, 5.74) is 7.47. The maximum Gasteiger partial charge on any atom is 0.133 e. The molecule has 0 saturated carbocycles. The molecule has 0 unspecified atom stereocenters. The lowest BCUT2D eigenvalue weighted by Crippen LogP contribution is -1.97. The number of anilines is 1. The molecule has 2 rings (SSSR count). The molecule has 0 radical (unpaired) electrons. The van der Waals surface area contributed by atoms with Gasteiger partial charge in [-0.2, -0.15) is 0 Å². The Labute approximate surface area is 108 Å². The fraction of sp³-hybridized carbons (Fsp3) is 0.167. The van der Waals surface area contributed by atoms with Gasteiger partial charge in [-0.05, 0) is 41.1 Å². The lowest BCUT2D eigenvalue weighted by atomic mass is 10.1. The van der Waals surface area contributed by atoms with E-state index >= 15 is 0 Å². The van der Waals surface area contributed by atoms with Crippen molar-refractivity contribution in [1.82, 2.24) is 9.97 Å². The molecular formula is C12H12BrN3O. The molecule has 4 nitrogen and oxygen atoms in total. The summed E-state index contributed by atoms with van der Waals surface area (Å²) < 4.78 is 6.06. The first-order chi connectivity index (χ1) is 8.10. The van der Waals surface area contributed by atoms with Gasteiger partial charge in [0.05, 0.1) is 17.3 Å². The summed E-state index contributed by atoms with van der Waals surface area (Å²) in [5, 5.41) is 0. The summed E-state index contributed by atoms with van der Waals surface area (Å²) in [7, 11) is 1.63. The van der Waals surface area contributed by atoms with E-state index in [9.17, 15) is 0 Å². The Morgan fingerprint density at radius 1 is 1.24 bits per heavy atom. The highest BCUT2D eigenvalue weighted by Crippen LogP contribution is 2.30. The van der Waals surface area contributed by atoms with Gasteiger partial charge in [-0.1, -0.05) is 0 Å². The number of aryl methyl sites for hydroxylation is 1. The van der Waals surface area contributed by atoms with Crippen molar-refractivity contribution in [2.45, 2.75) is 6.92 Å². The molecule has 1 aromatic carbocycles. The number of rotatable bonds is 2. The number of hydrogen-bond acceptors (Lipinski definition) is 4. The first-order valence-corrected chi connectivity index (χ1v) is 5.84. The molecular weight excluding hydrogens is 282 g/mol. The van der Waals surface area contributed by atoms with Crippen LogP contribution in [0.4, 0.5) is 5.82 Å². The Kier molecular flexibility index (Phi) is 3.28. The molecule has 0 spiro atoms. The Morgan fingerprint density at radius 3 is 2.59 bits per heavy atom. The molecule has 2 N–H and O–H groups in total. The van der Waals surface area contributed by atoms with Crippen LogP contribution >= 0.6 is 15.9 Å². The van der Waals surface area contributed by atoms with E-state index < -0.39 is 0 Å². The zero-order chi connectivity index (χ0) is 12.4. The smallest absolute Gasteiger partial charge is 0.133 e. The number of nitrogens with zero attached hydrogens (tertiary/aromatic N) is 2. The lowest BCUT2D eigenvalue weighted by Gasteiger charge is -2.07. The van der Waals surface area contributed by atoms with Crippen LogP contribution in [0.5, 0.6) is 5.75 Å². The minimum absolute atomic E-state index is 0.472. The van der Waals surface area contributed by atoms with E-state index in [2.05, 4.69) is 25.9 Å². The Bertz CT molecular complexity index is 537. The average Bonchev–Trinajstić information content (AvgIpc) is 2.27. The molecule has 0 aliphatic heterocycles. The molecule has 1 aromatic heterocycles. The van der Waals surface area contributed by atoms with Gasteiger partial charge in [0.1, 0.15) is 17.4 Å². The van der Waals surface area contributed by atoms with E-state index in [4.69, 9.17) is 10.5 Å². The van der Waals surface area contributed by atoms with Crippen molar-refractivity contribution in [2.24, 2.45) is 0 Å². The lowest BCUT2D eigenvalue weighted by molar-refractivity contribution is 0.412. The van der Waals surface area contributed by atoms with Crippen molar-refractivity contribution in [2.75, 3.05) is 12.8 Å². The van der Waals surface area contributed by atoms with E-state index in [0.29, 0.717) is 11.6 Å². The summed E-state index contributed by atoms with van der Waals surface area (Å²) in [6, 6.07) is 7.51. The van der Waals surface area contributed by atoms with Crippen LogP contribution in [0.2, 0.25) is 0 Å². The van der Waals surface area contributed by atoms with Gasteiger partial charge in [-0.15, -0.1) is 0 Å². The normalized spacial score (nSPS) is 10.3. The van der Waals surface area contributed by atoms with Crippen LogP contribution in [-0.2, 0) is 0 Å². The molecule has 0 fully saturated rings. The zero-order valence-corrected chi connectivity index (χ0v) is 11.2. The highest BCUT2D eigenvalue weighted by molar-refractivity contribution is 9.10. The molecule has 0 aliphatic carbocycles. The average molecular weight is 294 g/mol. The van der Waals surface area contributed by atoms with Gasteiger partial charge in [-0.3, -0.25) is 0 Å². The van der Waals surface area contributed by atoms with Gasteiger partial charge in [-0.25, -0.2) is 9.97 Å². The first kappa shape index (κ1) is 11.9. The summed E-state index contributed by atoms with van der Waals surface area (Å²) in [4.78, 5) is 8.39. The highest BCUT2D eigenvalue weighted by atomic mass is 79.9. The summed E-state index contributed by atoms with van der Waals surface area (Å²) in [6.07, 6.45) is 0. The molecule has 0 aliphatic rings. The molecule has 0 saturated heterocycles. The SMILES string of the molecule is COc1ccc(-c2cc(N)nc(C)n2)cc1Br. The van der Waals surface area contributed by atoms with Crippen molar-refractivity contribution >= 4 is 21.7 Å². The number of aromatic nitrogens is 2. The second-order valence-corrected chi connectivity index (χ2v) is 4.43. The van der Waals surface area contributed by atoms with Crippen molar-refractivity contribution in [3.63, 3.8) is 0 Å². The van der Waals surface area contributed by atoms with Gasteiger partial charge in [0.2, 0.25) is 0 Å². The van der Waals surface area contributed by atoms with E-state index in [0.717, 1.165) is 21.5 Å². The second-order valence-electron chi connectivity index (χ2n) is 3.57. The molecule has 2 aromatic rings. The standard InChI is InChI=1S/C12H12BrN3O/c1-7-15-10(6-12(14)16-7)8-3-4-11(17-2)9(13)5-8/h3-6H,1-2H3,(H2,14,15,16). The third-order valence-electron chi connectivity index (χ3n) is 2.31. The third kappa shape index (κ3) is 2.55. The van der Waals surface area contributed by atoms with Gasteiger partial charge in [0.15, 0.2) is 0 Å². The van der Waals surface area contributed by atoms with Crippen molar-refractivity contribution < 1.29 is 4.74 Å². The molecule has 0 atom stereocenters. The van der Waals surface area contributed by atoms with Gasteiger partial charge in [0.25, 0.3) is 0 Å². The zero-order valence-electron chi connectivity index (χ0n) is 9.57. The number of methoxy groups -OCH3 is 1. The Hall–Kier alpha value is -1.62. The summed E-state index contributed by atoms with van der Waals surface area (Å²) in [6.45, 7) is 1.82. The topological polar surface area (TPSA) is 61.0 Å². The van der Waals surface area contributed by atoms with Crippen LogP contribution in [0, 0.1) is 6.92 Å². The van der Waals surface area contributed by atoms with Crippen LogP contribution < -0.4 is 10.5 Å². The van der Waals surface area contributed by atoms with Crippen molar-refractivity contribution in [3.8, 4) is 17.0 Å². The molecule has 88 valence electrons. The minimum atomic E-state index is 0.472. The Morgan fingerprint density at radius 2 is 2.00 bits per heavy atom. The number of nitrogens with two attached hydrogens (primary N) is 1. The van der Waals surface area contributed by atoms with Crippen LogP contribution in [-0.4, -0.2) is 17.1 Å². The fourth-order valence-electron chi connectivity index (χ4n) is 1.56. The Balaban J connectivity index is 2.49. The van der Waals surface area contributed by atoms with Gasteiger partial charge < -0.3 is 10.5 Å². The predicted molar refractivity (Wildman–Crippen MR) is 70.9 cm³/mol. The van der Waals surface area contributed by atoms with Crippen LogP contribution in [0.25, 0.3) is 11.3 Å². The number of halogens is 1. The molecule has 5 heteroatoms. The predicted octanol–water partition coefficient (Wildman–Crippen LogP) is 2.81. The molecule has 0 amide bonds. The first-order valence-electron chi connectivity index (χ1n) is 5.05. The molecule has 17 heavy (non-hydrogen) atoms. The summed E-state index contributed by atoms with van der Waals surface area (Å²) >= 11 is 3.44. The van der Waals surface area contributed by atoms with Crippen LogP contribution in [0.15, 0.2) is 28.7 Å². The van der Waals surface area contributed by atoms with E-state index in [1.807, 2.05) is 25.1 Å². The maximum atomic E-state index is 5.70. The van der Waals surface area contributed by atoms with E-state index in [1.54, 1.807) is 13.2 Å². The number of ether oxygens (including phenoxy) is 1. The quantitative estimate of drug-likeness (QED) is 0.925. The number of hydrogen-bond donors (Lipinski definition) is 1. The van der Waals surface area contributed by atoms with E-state index in [1.165, 1.54) is 0 Å². The van der Waals surface area contributed by atoms with Crippen molar-refractivity contribution in [1.29, 1.82) is 0 Å². The third-order valence-corrected chi connectivity index (χ3v) is 2.93. The molecule has 1 heterocycles. The number of nitrogen functional groups attached to an aromatic ring is 1. The van der Waals surface area contributed by atoms with Gasteiger partial charge >= 0.3 is 0 Å². The summed E-state index contributed by atoms with van der Waals surface area (Å²) in [5.74, 6) is 1.92. The second kappa shape index (κ2) is 4.71. The van der Waals surface area contributed by atoms with E-state index in [-0.39, 0.29) is 0 Å². The van der Waals surface area contributed by atoms with Crippen LogP contribution in [0.1, 0.15) is 5.82 Å². The highest BCUT2D eigenvalue weighted by Gasteiger charge is 2.06. The largest absolute Gasteiger partial charge is 0.496 e. The van der Waals surface area contributed by atoms with Crippen LogP contribution in [0.3, 0.4) is 0 Å². The molecule has 0 bridgehead atoms. The van der Waals surface area contributed by atoms with Gasteiger partial charge in [0, 0.05) is 11.6 Å². The fourth-order valence-corrected chi connectivity index (χ4v) is 2.11. The minimum Gasteiger partial charge on any atom is -0.496 e. The number of benzene rings is 1.